The summed E-state index contributed by atoms with van der Waals surface area (Å²) < 4.78 is 28.9. The quantitative estimate of drug-likeness (QED) is 0.503. The molecule has 1 amide bonds. The predicted octanol–water partition coefficient (Wildman–Crippen LogP) is 4.17. The van der Waals surface area contributed by atoms with Gasteiger partial charge in [0.2, 0.25) is 0 Å². The number of benzene rings is 2. The molecule has 0 aliphatic carbocycles. The van der Waals surface area contributed by atoms with Crippen molar-refractivity contribution in [2.45, 2.75) is 11.8 Å². The highest BCUT2D eigenvalue weighted by Crippen LogP contribution is 2.34. The number of nitrogens with two attached hydrogens (primary N) is 1. The summed E-state index contributed by atoms with van der Waals surface area (Å²) in [4.78, 5) is 16.4. The Labute approximate surface area is 172 Å². The van der Waals surface area contributed by atoms with Crippen molar-refractivity contribution < 1.29 is 13.2 Å². The van der Waals surface area contributed by atoms with E-state index in [2.05, 4.69) is 9.71 Å². The number of sulfonamides is 1. The molecule has 0 spiro atoms. The fourth-order valence-corrected chi connectivity index (χ4v) is 5.12. The minimum Gasteiger partial charge on any atom is -0.365 e. The zero-order valence-electron chi connectivity index (χ0n) is 15.4. The summed E-state index contributed by atoms with van der Waals surface area (Å²) in [5, 5.41) is 0.845. The van der Waals surface area contributed by atoms with Crippen LogP contribution in [0.25, 0.3) is 21.2 Å². The average molecular weight is 424 g/mol. The molecule has 4 aromatic rings. The Balaban J connectivity index is 1.73. The largest absolute Gasteiger partial charge is 0.365 e. The summed E-state index contributed by atoms with van der Waals surface area (Å²) in [7, 11) is -3.71. The number of rotatable bonds is 5. The topological polar surface area (TPSA) is 102 Å². The van der Waals surface area contributed by atoms with Crippen molar-refractivity contribution in [2.75, 3.05) is 4.72 Å². The molecule has 0 atom stereocenters. The second-order valence-electron chi connectivity index (χ2n) is 6.58. The van der Waals surface area contributed by atoms with Crippen molar-refractivity contribution in [2.24, 2.45) is 5.73 Å². The number of thiophene rings is 1. The van der Waals surface area contributed by atoms with E-state index in [-0.39, 0.29) is 4.90 Å². The Hall–Kier alpha value is -3.23. The predicted molar refractivity (Wildman–Crippen MR) is 116 cm³/mol. The third kappa shape index (κ3) is 3.85. The molecule has 0 aliphatic heterocycles. The van der Waals surface area contributed by atoms with Crippen molar-refractivity contribution in [3.8, 4) is 11.1 Å². The summed E-state index contributed by atoms with van der Waals surface area (Å²) in [6.45, 7) is 1.84. The number of primary amides is 1. The minimum atomic E-state index is -3.71. The molecular formula is C21H17N3O3S2. The van der Waals surface area contributed by atoms with E-state index in [1.165, 1.54) is 11.3 Å². The lowest BCUT2D eigenvalue weighted by atomic mass is 10.0. The lowest BCUT2D eigenvalue weighted by molar-refractivity contribution is 0.100. The maximum atomic E-state index is 12.7. The maximum Gasteiger partial charge on any atom is 0.261 e. The number of fused-ring (bicyclic) bond motifs is 1. The zero-order valence-corrected chi connectivity index (χ0v) is 17.0. The molecule has 2 heterocycles. The van der Waals surface area contributed by atoms with Gasteiger partial charge in [-0.25, -0.2) is 8.42 Å². The summed E-state index contributed by atoms with van der Waals surface area (Å²) in [6.07, 6.45) is 3.37. The number of aryl methyl sites for hydroxylation is 1. The first-order valence-electron chi connectivity index (χ1n) is 8.71. The summed E-state index contributed by atoms with van der Waals surface area (Å²) in [5.41, 5.74) is 8.27. The highest BCUT2D eigenvalue weighted by Gasteiger charge is 2.16. The highest BCUT2D eigenvalue weighted by molar-refractivity contribution is 7.92. The SMILES string of the molecule is Cc1cccc(S(=O)(=O)Nc2cccc(-c3cncc4sc(C(N)=O)cc34)c2)c1. The van der Waals surface area contributed by atoms with Crippen LogP contribution >= 0.6 is 11.3 Å². The first-order valence-corrected chi connectivity index (χ1v) is 11.0. The van der Waals surface area contributed by atoms with Crippen LogP contribution in [0.1, 0.15) is 15.2 Å². The Kier molecular flexibility index (Phi) is 4.81. The van der Waals surface area contributed by atoms with Gasteiger partial charge in [0.1, 0.15) is 0 Å². The molecule has 29 heavy (non-hydrogen) atoms. The van der Waals surface area contributed by atoms with Crippen molar-refractivity contribution in [1.29, 1.82) is 0 Å². The molecule has 4 rings (SSSR count). The van der Waals surface area contributed by atoms with Gasteiger partial charge >= 0.3 is 0 Å². The van der Waals surface area contributed by atoms with E-state index in [0.29, 0.717) is 10.6 Å². The standard InChI is InChI=1S/C21H17N3O3S2/c1-13-4-2-7-16(8-13)29(26,27)24-15-6-3-5-14(9-15)18-11-23-12-20-17(18)10-19(28-20)21(22)25/h2-12,24H,1H3,(H2,22,25). The number of carbonyl (C=O) groups excluding carboxylic acids is 1. The van der Waals surface area contributed by atoms with Crippen molar-refractivity contribution >= 4 is 43.0 Å². The molecule has 0 saturated carbocycles. The van der Waals surface area contributed by atoms with Crippen LogP contribution in [0, 0.1) is 6.92 Å². The van der Waals surface area contributed by atoms with Crippen LogP contribution in [0.4, 0.5) is 5.69 Å². The molecule has 8 heteroatoms. The van der Waals surface area contributed by atoms with E-state index in [4.69, 9.17) is 5.73 Å². The number of carbonyl (C=O) groups is 1. The van der Waals surface area contributed by atoms with Crippen LogP contribution in [0.5, 0.6) is 0 Å². The molecule has 146 valence electrons. The smallest absolute Gasteiger partial charge is 0.261 e. The van der Waals surface area contributed by atoms with E-state index < -0.39 is 15.9 Å². The normalized spacial score (nSPS) is 11.5. The second kappa shape index (κ2) is 7.31. The number of aromatic nitrogens is 1. The highest BCUT2D eigenvalue weighted by atomic mass is 32.2. The molecule has 0 aliphatic rings. The van der Waals surface area contributed by atoms with Gasteiger partial charge in [0, 0.05) is 29.0 Å². The molecule has 6 nitrogen and oxygen atoms in total. The van der Waals surface area contributed by atoms with E-state index in [1.54, 1.807) is 54.9 Å². The fraction of sp³-hybridized carbons (Fsp3) is 0.0476. The van der Waals surface area contributed by atoms with Crippen molar-refractivity contribution in [3.63, 3.8) is 0 Å². The van der Waals surface area contributed by atoms with E-state index in [0.717, 1.165) is 26.8 Å². The van der Waals surface area contributed by atoms with Gasteiger partial charge in [-0.15, -0.1) is 11.3 Å². The van der Waals surface area contributed by atoms with Gasteiger partial charge in [0.15, 0.2) is 0 Å². The Morgan fingerprint density at radius 3 is 2.62 bits per heavy atom. The third-order valence-electron chi connectivity index (χ3n) is 4.41. The molecule has 0 unspecified atom stereocenters. The molecule has 2 aromatic heterocycles. The number of nitrogens with zero attached hydrogens (tertiary/aromatic N) is 1. The van der Waals surface area contributed by atoms with E-state index >= 15 is 0 Å². The van der Waals surface area contributed by atoms with Gasteiger partial charge in [-0.1, -0.05) is 24.3 Å². The fourth-order valence-electron chi connectivity index (χ4n) is 3.06. The van der Waals surface area contributed by atoms with E-state index in [1.807, 2.05) is 19.1 Å². The molecule has 0 fully saturated rings. The van der Waals surface area contributed by atoms with Crippen LogP contribution in [0.15, 0.2) is 71.9 Å². The monoisotopic (exact) mass is 423 g/mol. The summed E-state index contributed by atoms with van der Waals surface area (Å²) >= 11 is 1.28. The molecular weight excluding hydrogens is 406 g/mol. The minimum absolute atomic E-state index is 0.204. The van der Waals surface area contributed by atoms with Gasteiger partial charge in [-0.2, -0.15) is 0 Å². The number of amides is 1. The number of anilines is 1. The van der Waals surface area contributed by atoms with Gasteiger partial charge < -0.3 is 5.73 Å². The van der Waals surface area contributed by atoms with Gasteiger partial charge in [0.05, 0.1) is 14.5 Å². The van der Waals surface area contributed by atoms with Gasteiger partial charge in [-0.05, 0) is 48.4 Å². The second-order valence-corrected chi connectivity index (χ2v) is 9.34. The number of hydrogen-bond donors (Lipinski definition) is 2. The van der Waals surface area contributed by atoms with Crippen LogP contribution < -0.4 is 10.5 Å². The van der Waals surface area contributed by atoms with Crippen molar-refractivity contribution in [3.05, 3.63) is 77.4 Å². The van der Waals surface area contributed by atoms with Crippen LogP contribution in [0.3, 0.4) is 0 Å². The molecule has 0 radical (unpaired) electrons. The lowest BCUT2D eigenvalue weighted by Crippen LogP contribution is -2.13. The summed E-state index contributed by atoms with van der Waals surface area (Å²) in [6, 6.07) is 15.5. The Morgan fingerprint density at radius 1 is 1.07 bits per heavy atom. The number of nitrogens with one attached hydrogen (secondary N) is 1. The maximum absolute atomic E-state index is 12.7. The third-order valence-corrected chi connectivity index (χ3v) is 6.88. The van der Waals surface area contributed by atoms with Crippen LogP contribution in [-0.2, 0) is 10.0 Å². The zero-order chi connectivity index (χ0) is 20.6. The Morgan fingerprint density at radius 2 is 1.86 bits per heavy atom. The number of hydrogen-bond acceptors (Lipinski definition) is 5. The van der Waals surface area contributed by atoms with Crippen LogP contribution in [-0.4, -0.2) is 19.3 Å². The molecule has 0 saturated heterocycles. The van der Waals surface area contributed by atoms with E-state index in [9.17, 15) is 13.2 Å². The number of pyridine rings is 1. The first kappa shape index (κ1) is 19.1. The van der Waals surface area contributed by atoms with Crippen molar-refractivity contribution in [1.82, 2.24) is 4.98 Å². The first-order chi connectivity index (χ1) is 13.8. The molecule has 2 aromatic carbocycles. The lowest BCUT2D eigenvalue weighted by Gasteiger charge is -2.10. The summed E-state index contributed by atoms with van der Waals surface area (Å²) in [5.74, 6) is -0.489. The van der Waals surface area contributed by atoms with Gasteiger partial charge in [-0.3, -0.25) is 14.5 Å². The molecule has 0 bridgehead atoms. The van der Waals surface area contributed by atoms with Crippen LogP contribution in [0.2, 0.25) is 0 Å². The average Bonchev–Trinajstić information content (AvgIpc) is 3.12. The van der Waals surface area contributed by atoms with Gasteiger partial charge in [0.25, 0.3) is 15.9 Å². The molecule has 3 N–H and O–H groups in total. The Bertz CT molecular complexity index is 1340.